The Bertz CT molecular complexity index is 1260. The van der Waals surface area contributed by atoms with Crippen LogP contribution in [0.5, 0.6) is 0 Å². The monoisotopic (exact) mass is 442 g/mol. The molecule has 0 fully saturated rings. The van der Waals surface area contributed by atoms with Gasteiger partial charge >= 0.3 is 6.18 Å². The van der Waals surface area contributed by atoms with Crippen molar-refractivity contribution in [1.29, 1.82) is 0 Å². The van der Waals surface area contributed by atoms with Gasteiger partial charge in [-0.3, -0.25) is 10.1 Å². The first-order valence-electron chi connectivity index (χ1n) is 10.1. The SMILES string of the molecule is Fc1cccc2c1CCC[C@H]2Cn1cnc(-c2cc(-c3nn[nH]c3C(F)(F)F)ccn2)c1. The maximum Gasteiger partial charge on any atom is 0.435 e. The molecule has 5 rings (SSSR count). The van der Waals surface area contributed by atoms with Crippen molar-refractivity contribution in [1.82, 2.24) is 29.9 Å². The lowest BCUT2D eigenvalue weighted by Crippen LogP contribution is -2.16. The Morgan fingerprint density at radius 3 is 2.84 bits per heavy atom. The molecule has 1 aromatic carbocycles. The molecule has 6 nitrogen and oxygen atoms in total. The molecule has 0 unspecified atom stereocenters. The highest BCUT2D eigenvalue weighted by molar-refractivity contribution is 5.67. The highest BCUT2D eigenvalue weighted by atomic mass is 19.4. The quantitative estimate of drug-likeness (QED) is 0.451. The van der Waals surface area contributed by atoms with E-state index in [0.29, 0.717) is 17.9 Å². The predicted octanol–water partition coefficient (Wildman–Crippen LogP) is 5.01. The van der Waals surface area contributed by atoms with Crippen molar-refractivity contribution in [3.8, 4) is 22.6 Å². The minimum atomic E-state index is -4.60. The van der Waals surface area contributed by atoms with Gasteiger partial charge in [-0.25, -0.2) is 9.37 Å². The Morgan fingerprint density at radius 2 is 2.00 bits per heavy atom. The van der Waals surface area contributed by atoms with Crippen molar-refractivity contribution in [2.45, 2.75) is 37.9 Å². The van der Waals surface area contributed by atoms with Crippen LogP contribution in [0.25, 0.3) is 22.6 Å². The second-order valence-electron chi connectivity index (χ2n) is 7.82. The lowest BCUT2D eigenvalue weighted by molar-refractivity contribution is -0.140. The first-order chi connectivity index (χ1) is 15.4. The van der Waals surface area contributed by atoms with Crippen LogP contribution in [0.1, 0.15) is 35.6 Å². The van der Waals surface area contributed by atoms with Gasteiger partial charge in [-0.2, -0.15) is 13.2 Å². The van der Waals surface area contributed by atoms with Crippen LogP contribution in [0.2, 0.25) is 0 Å². The van der Waals surface area contributed by atoms with Gasteiger partial charge in [0, 0.05) is 30.4 Å². The van der Waals surface area contributed by atoms with Gasteiger partial charge in [-0.1, -0.05) is 17.3 Å². The number of nitrogens with zero attached hydrogens (tertiary/aromatic N) is 5. The molecule has 0 aliphatic heterocycles. The third kappa shape index (κ3) is 3.76. The van der Waals surface area contributed by atoms with Crippen LogP contribution in [-0.4, -0.2) is 29.9 Å². The summed E-state index contributed by atoms with van der Waals surface area (Å²) in [4.78, 5) is 8.63. The molecule has 164 valence electrons. The van der Waals surface area contributed by atoms with E-state index < -0.39 is 11.9 Å². The predicted molar refractivity (Wildman–Crippen MR) is 108 cm³/mol. The Labute approximate surface area is 180 Å². The van der Waals surface area contributed by atoms with Gasteiger partial charge in [-0.15, -0.1) is 5.10 Å². The summed E-state index contributed by atoms with van der Waals surface area (Å²) in [5.74, 6) is 0.00545. The highest BCUT2D eigenvalue weighted by Gasteiger charge is 2.37. The average Bonchev–Trinajstić information content (AvgIpc) is 3.44. The molecule has 1 aliphatic rings. The van der Waals surface area contributed by atoms with Crippen molar-refractivity contribution in [2.24, 2.45) is 0 Å². The van der Waals surface area contributed by atoms with Gasteiger partial charge < -0.3 is 4.57 Å². The van der Waals surface area contributed by atoms with Crippen LogP contribution in [-0.2, 0) is 19.1 Å². The van der Waals surface area contributed by atoms with Crippen LogP contribution in [0.3, 0.4) is 0 Å². The Balaban J connectivity index is 1.41. The Kier molecular flexibility index (Phi) is 4.99. The number of hydrogen-bond donors (Lipinski definition) is 1. The molecule has 1 N–H and O–H groups in total. The number of hydrogen-bond acceptors (Lipinski definition) is 4. The Morgan fingerprint density at radius 1 is 1.12 bits per heavy atom. The Hall–Kier alpha value is -3.56. The third-order valence-corrected chi connectivity index (χ3v) is 5.77. The lowest BCUT2D eigenvalue weighted by Gasteiger charge is -2.26. The summed E-state index contributed by atoms with van der Waals surface area (Å²) in [6, 6.07) is 8.15. The topological polar surface area (TPSA) is 72.3 Å². The van der Waals surface area contributed by atoms with Crippen molar-refractivity contribution >= 4 is 0 Å². The van der Waals surface area contributed by atoms with Gasteiger partial charge in [0.2, 0.25) is 0 Å². The van der Waals surface area contributed by atoms with Crippen molar-refractivity contribution in [3.05, 3.63) is 71.7 Å². The lowest BCUT2D eigenvalue weighted by atomic mass is 9.82. The summed E-state index contributed by atoms with van der Waals surface area (Å²) in [6.45, 7) is 0.630. The fourth-order valence-electron chi connectivity index (χ4n) is 4.28. The molecule has 32 heavy (non-hydrogen) atoms. The van der Waals surface area contributed by atoms with Gasteiger partial charge in [0.15, 0.2) is 5.69 Å². The molecule has 0 saturated carbocycles. The van der Waals surface area contributed by atoms with Gasteiger partial charge in [0.25, 0.3) is 0 Å². The van der Waals surface area contributed by atoms with E-state index in [0.717, 1.165) is 30.4 Å². The smallest absolute Gasteiger partial charge is 0.336 e. The number of halogens is 4. The van der Waals surface area contributed by atoms with Crippen molar-refractivity contribution < 1.29 is 17.6 Å². The zero-order valence-electron chi connectivity index (χ0n) is 16.8. The number of alkyl halides is 3. The molecule has 3 aromatic heterocycles. The second kappa shape index (κ2) is 7.85. The van der Waals surface area contributed by atoms with E-state index in [4.69, 9.17) is 0 Å². The maximum atomic E-state index is 14.2. The van der Waals surface area contributed by atoms with E-state index in [1.165, 1.54) is 24.4 Å². The molecule has 4 aromatic rings. The molecule has 0 bridgehead atoms. The molecule has 10 heteroatoms. The molecular formula is C22H18F4N6. The largest absolute Gasteiger partial charge is 0.435 e. The first kappa shape index (κ1) is 20.3. The number of aromatic nitrogens is 6. The molecule has 0 radical (unpaired) electrons. The first-order valence-corrected chi connectivity index (χ1v) is 10.1. The van der Waals surface area contributed by atoms with Crippen LogP contribution in [0.15, 0.2) is 49.1 Å². The van der Waals surface area contributed by atoms with Crippen LogP contribution in [0.4, 0.5) is 17.6 Å². The zero-order valence-corrected chi connectivity index (χ0v) is 16.8. The van der Waals surface area contributed by atoms with E-state index >= 15 is 0 Å². The number of nitrogens with one attached hydrogen (secondary N) is 1. The summed E-state index contributed by atoms with van der Waals surface area (Å²) in [5, 5.41) is 8.80. The fraction of sp³-hybridized carbons (Fsp3) is 0.273. The number of H-pyrrole nitrogens is 1. The van der Waals surface area contributed by atoms with Gasteiger partial charge in [0.1, 0.15) is 17.2 Å². The van der Waals surface area contributed by atoms with E-state index in [9.17, 15) is 17.6 Å². The van der Waals surface area contributed by atoms with E-state index in [2.05, 4.69) is 20.3 Å². The summed E-state index contributed by atoms with van der Waals surface area (Å²) >= 11 is 0. The molecule has 1 aliphatic carbocycles. The number of rotatable bonds is 4. The number of imidazole rings is 1. The number of benzene rings is 1. The minimum absolute atomic E-state index is 0.161. The highest BCUT2D eigenvalue weighted by Crippen LogP contribution is 2.36. The molecule has 3 heterocycles. The standard InChI is InChI=1S/C22H18F4N6/c23-17-6-2-4-15-14(3-1-5-16(15)17)10-32-11-19(28-12-32)18-9-13(7-8-27-18)20-21(22(24,25)26)30-31-29-20/h2,4,6-9,11-12,14H,1,3,5,10H2,(H,29,30,31)/t14-/m0/s1. The number of aromatic amines is 1. The molecule has 1 atom stereocenters. The zero-order chi connectivity index (χ0) is 22.3. The maximum absolute atomic E-state index is 14.2. The van der Waals surface area contributed by atoms with Crippen molar-refractivity contribution in [2.75, 3.05) is 0 Å². The summed E-state index contributed by atoms with van der Waals surface area (Å²) in [6.07, 6.45) is 2.89. The van der Waals surface area contributed by atoms with Crippen molar-refractivity contribution in [3.63, 3.8) is 0 Å². The van der Waals surface area contributed by atoms with Crippen LogP contribution in [0, 0.1) is 5.82 Å². The van der Waals surface area contributed by atoms with Crippen LogP contribution < -0.4 is 0 Å². The minimum Gasteiger partial charge on any atom is -0.336 e. The molecule has 0 saturated heterocycles. The molecule has 0 amide bonds. The number of fused-ring (bicyclic) bond motifs is 1. The van der Waals surface area contributed by atoms with E-state index in [1.807, 2.05) is 15.7 Å². The third-order valence-electron chi connectivity index (χ3n) is 5.77. The van der Waals surface area contributed by atoms with Gasteiger partial charge in [-0.05, 0) is 48.6 Å². The average molecular weight is 442 g/mol. The fourth-order valence-corrected chi connectivity index (χ4v) is 4.28. The summed E-state index contributed by atoms with van der Waals surface area (Å²) in [7, 11) is 0. The van der Waals surface area contributed by atoms with E-state index in [-0.39, 0.29) is 23.0 Å². The number of pyridine rings is 1. The molecular weight excluding hydrogens is 424 g/mol. The normalized spacial score (nSPS) is 16.2. The summed E-state index contributed by atoms with van der Waals surface area (Å²) < 4.78 is 55.6. The van der Waals surface area contributed by atoms with E-state index in [1.54, 1.807) is 18.6 Å². The van der Waals surface area contributed by atoms with Crippen LogP contribution >= 0.6 is 0 Å². The van der Waals surface area contributed by atoms with Gasteiger partial charge in [0.05, 0.1) is 12.0 Å². The summed E-state index contributed by atoms with van der Waals surface area (Å²) in [5.41, 5.74) is 1.70. The molecule has 0 spiro atoms. The second-order valence-corrected chi connectivity index (χ2v) is 7.82.